The predicted molar refractivity (Wildman–Crippen MR) is 171 cm³/mol. The number of amides is 3. The predicted octanol–water partition coefficient (Wildman–Crippen LogP) is 4.45. The molecule has 12 nitrogen and oxygen atoms in total. The van der Waals surface area contributed by atoms with Gasteiger partial charge in [-0.05, 0) is 87.8 Å². The molecule has 1 aromatic heterocycles. The molecule has 3 saturated heterocycles. The molecule has 3 amide bonds. The average molecular weight is 630 g/mol. The third kappa shape index (κ3) is 6.02. The molecular formula is C34H43N7O5. The van der Waals surface area contributed by atoms with Gasteiger partial charge in [-0.15, -0.1) is 5.10 Å². The van der Waals surface area contributed by atoms with Crippen LogP contribution in [0.3, 0.4) is 0 Å². The number of benzene rings is 2. The van der Waals surface area contributed by atoms with Crippen molar-refractivity contribution in [2.45, 2.75) is 63.6 Å². The van der Waals surface area contributed by atoms with Gasteiger partial charge in [0.15, 0.2) is 6.10 Å². The summed E-state index contributed by atoms with van der Waals surface area (Å²) >= 11 is 0. The summed E-state index contributed by atoms with van der Waals surface area (Å²) in [4.78, 5) is 46.0. The molecule has 2 N–H and O–H groups in total. The van der Waals surface area contributed by atoms with Gasteiger partial charge in [-0.2, -0.15) is 0 Å². The summed E-state index contributed by atoms with van der Waals surface area (Å²) in [5, 5.41) is 13.8. The molecule has 7 rings (SSSR count). The average Bonchev–Trinajstić information content (AvgIpc) is 3.54. The molecule has 46 heavy (non-hydrogen) atoms. The molecule has 244 valence electrons. The molecular weight excluding hydrogens is 586 g/mol. The van der Waals surface area contributed by atoms with E-state index in [4.69, 9.17) is 9.47 Å². The van der Waals surface area contributed by atoms with Crippen molar-refractivity contribution >= 4 is 34.8 Å². The summed E-state index contributed by atoms with van der Waals surface area (Å²) in [6.45, 7) is 6.28. The van der Waals surface area contributed by atoms with E-state index < -0.39 is 23.9 Å². The van der Waals surface area contributed by atoms with Gasteiger partial charge in [-0.3, -0.25) is 15.2 Å². The van der Waals surface area contributed by atoms with Crippen molar-refractivity contribution in [3.8, 4) is 0 Å². The van der Waals surface area contributed by atoms with Crippen molar-refractivity contribution in [2.75, 3.05) is 51.6 Å². The largest absolute Gasteiger partial charge is 0.438 e. The van der Waals surface area contributed by atoms with Gasteiger partial charge in [0.05, 0.1) is 11.2 Å². The quantitative estimate of drug-likeness (QED) is 0.423. The van der Waals surface area contributed by atoms with Crippen LogP contribution in [0.4, 0.5) is 15.3 Å². The Morgan fingerprint density at radius 1 is 1.00 bits per heavy atom. The van der Waals surface area contributed by atoms with Crippen LogP contribution >= 0.6 is 0 Å². The fourth-order valence-corrected chi connectivity index (χ4v) is 7.98. The Kier molecular flexibility index (Phi) is 8.31. The Morgan fingerprint density at radius 2 is 1.70 bits per heavy atom. The molecule has 3 aromatic rings. The number of anilines is 1. The number of aromatic amines is 1. The van der Waals surface area contributed by atoms with Crippen molar-refractivity contribution in [1.82, 2.24) is 30.1 Å². The number of H-pyrrole nitrogens is 1. The molecule has 0 aliphatic carbocycles. The first-order chi connectivity index (χ1) is 22.3. The van der Waals surface area contributed by atoms with Crippen LogP contribution < -0.4 is 5.32 Å². The number of carbonyl (C=O) groups excluding carboxylic acids is 3. The Morgan fingerprint density at radius 3 is 2.43 bits per heavy atom. The van der Waals surface area contributed by atoms with Gasteiger partial charge in [0.25, 0.3) is 5.91 Å². The topological polar surface area (TPSA) is 133 Å². The minimum atomic E-state index is -0.968. The molecule has 4 aliphatic heterocycles. The van der Waals surface area contributed by atoms with Gasteiger partial charge in [0, 0.05) is 51.0 Å². The lowest BCUT2D eigenvalue weighted by atomic mass is 9.79. The number of fused-ring (bicyclic) bond motifs is 3. The molecule has 2 aromatic carbocycles. The van der Waals surface area contributed by atoms with Crippen LogP contribution in [0.1, 0.15) is 55.2 Å². The van der Waals surface area contributed by atoms with Gasteiger partial charge < -0.3 is 24.2 Å². The van der Waals surface area contributed by atoms with Crippen molar-refractivity contribution in [3.63, 3.8) is 0 Å². The molecule has 5 heterocycles. The van der Waals surface area contributed by atoms with E-state index >= 15 is 0 Å². The zero-order valence-corrected chi connectivity index (χ0v) is 26.7. The van der Waals surface area contributed by atoms with E-state index in [1.165, 1.54) is 12.8 Å². The van der Waals surface area contributed by atoms with E-state index in [1.807, 2.05) is 48.2 Å². The normalized spacial score (nSPS) is 21.5. The number of para-hydroxylation sites is 1. The van der Waals surface area contributed by atoms with E-state index in [-0.39, 0.29) is 12.3 Å². The highest BCUT2D eigenvalue weighted by molar-refractivity contribution is 5.89. The number of piperidine rings is 3. The zero-order chi connectivity index (χ0) is 31.8. The van der Waals surface area contributed by atoms with E-state index in [0.29, 0.717) is 56.4 Å². The number of carbonyl (C=O) groups is 3. The highest BCUT2D eigenvalue weighted by Crippen LogP contribution is 2.43. The smallest absolute Gasteiger partial charge is 0.412 e. The van der Waals surface area contributed by atoms with Crippen LogP contribution in [0.25, 0.3) is 11.0 Å². The first-order valence-corrected chi connectivity index (χ1v) is 16.6. The highest BCUT2D eigenvalue weighted by atomic mass is 16.6. The standard InChI is InChI=1S/C34H43N7O5/c1-22-19-23(20-28-30(22)37-38-36-28)21-29(31(42)40-15-9-25(10-16-40)24-7-13-39(2)14-8-24)45-33(44)41-17-11-34(12-18-41)26-5-3-4-6-27(26)35-32(43)46-34/h3-6,19-20,24-25,29H,7-18,21H2,1-2H3,(H,35,43)(H,36,37,38). The van der Waals surface area contributed by atoms with E-state index in [9.17, 15) is 14.4 Å². The number of rotatable bonds is 5. The fourth-order valence-electron chi connectivity index (χ4n) is 7.98. The minimum absolute atomic E-state index is 0.150. The maximum atomic E-state index is 14.1. The summed E-state index contributed by atoms with van der Waals surface area (Å²) < 4.78 is 11.9. The summed E-state index contributed by atoms with van der Waals surface area (Å²) in [6.07, 6.45) is 3.55. The number of hydrogen-bond acceptors (Lipinski definition) is 8. The second-order valence-corrected chi connectivity index (χ2v) is 13.5. The van der Waals surface area contributed by atoms with Crippen LogP contribution in [-0.4, -0.2) is 101 Å². The number of ether oxygens (including phenoxy) is 2. The second-order valence-electron chi connectivity index (χ2n) is 13.5. The van der Waals surface area contributed by atoms with Crippen molar-refractivity contribution in [1.29, 1.82) is 0 Å². The van der Waals surface area contributed by atoms with Crippen LogP contribution in [0.2, 0.25) is 0 Å². The second kappa shape index (κ2) is 12.5. The summed E-state index contributed by atoms with van der Waals surface area (Å²) in [7, 11) is 2.18. The molecule has 0 bridgehead atoms. The van der Waals surface area contributed by atoms with Crippen LogP contribution in [0.5, 0.6) is 0 Å². The molecule has 0 saturated carbocycles. The number of aromatic nitrogens is 3. The van der Waals surface area contributed by atoms with Crippen molar-refractivity contribution in [2.24, 2.45) is 11.8 Å². The Bertz CT molecular complexity index is 1600. The Labute approximate surface area is 268 Å². The summed E-state index contributed by atoms with van der Waals surface area (Å²) in [6, 6.07) is 11.5. The third-order valence-electron chi connectivity index (χ3n) is 10.7. The van der Waals surface area contributed by atoms with E-state index in [0.717, 1.165) is 53.8 Å². The fraction of sp³-hybridized carbons (Fsp3) is 0.559. The molecule has 1 atom stereocenters. The van der Waals surface area contributed by atoms with Crippen LogP contribution in [0, 0.1) is 18.8 Å². The Hall–Kier alpha value is -4.19. The maximum absolute atomic E-state index is 14.1. The highest BCUT2D eigenvalue weighted by Gasteiger charge is 2.46. The molecule has 1 unspecified atom stereocenters. The lowest BCUT2D eigenvalue weighted by Crippen LogP contribution is -2.52. The first-order valence-electron chi connectivity index (χ1n) is 16.6. The zero-order valence-electron chi connectivity index (χ0n) is 26.7. The number of nitrogens with zero attached hydrogens (tertiary/aromatic N) is 5. The van der Waals surface area contributed by atoms with E-state index in [2.05, 4.69) is 32.7 Å². The number of aryl methyl sites for hydroxylation is 1. The molecule has 12 heteroatoms. The number of likely N-dealkylation sites (tertiary alicyclic amines) is 3. The van der Waals surface area contributed by atoms with Crippen LogP contribution in [0.15, 0.2) is 36.4 Å². The molecule has 1 spiro atoms. The van der Waals surface area contributed by atoms with Crippen molar-refractivity contribution in [3.05, 3.63) is 53.1 Å². The Balaban J connectivity index is 1.05. The number of hydrogen-bond donors (Lipinski definition) is 2. The van der Waals surface area contributed by atoms with Crippen LogP contribution in [-0.2, 0) is 26.3 Å². The lowest BCUT2D eigenvalue weighted by molar-refractivity contribution is -0.143. The molecule has 3 fully saturated rings. The van der Waals surface area contributed by atoms with Gasteiger partial charge in [-0.1, -0.05) is 29.5 Å². The van der Waals surface area contributed by atoms with Gasteiger partial charge in [0.2, 0.25) is 0 Å². The maximum Gasteiger partial charge on any atom is 0.412 e. The van der Waals surface area contributed by atoms with E-state index in [1.54, 1.807) is 4.90 Å². The monoisotopic (exact) mass is 629 g/mol. The lowest BCUT2D eigenvalue weighted by Gasteiger charge is -2.44. The first kappa shape index (κ1) is 30.5. The number of nitrogens with one attached hydrogen (secondary N) is 2. The SMILES string of the molecule is Cc1cc(CC(OC(=O)N2CCC3(CC2)OC(=O)Nc2ccccc23)C(=O)N2CCC(C3CCN(C)CC3)CC2)cc2nn[nH]c12. The summed E-state index contributed by atoms with van der Waals surface area (Å²) in [5.74, 6) is 1.20. The summed E-state index contributed by atoms with van der Waals surface area (Å²) in [5.41, 5.74) is 4.24. The third-order valence-corrected chi connectivity index (χ3v) is 10.7. The van der Waals surface area contributed by atoms with Crippen molar-refractivity contribution < 1.29 is 23.9 Å². The molecule has 4 aliphatic rings. The minimum Gasteiger partial charge on any atom is -0.438 e. The molecule has 0 radical (unpaired) electrons. The van der Waals surface area contributed by atoms with Gasteiger partial charge >= 0.3 is 12.2 Å². The van der Waals surface area contributed by atoms with Gasteiger partial charge in [-0.25, -0.2) is 9.59 Å². The van der Waals surface area contributed by atoms with Gasteiger partial charge in [0.1, 0.15) is 11.1 Å².